The van der Waals surface area contributed by atoms with Gasteiger partial charge in [-0.15, -0.1) is 0 Å². The molecule has 0 atom stereocenters. The van der Waals surface area contributed by atoms with Crippen LogP contribution in [0.5, 0.6) is 0 Å². The van der Waals surface area contributed by atoms with E-state index in [1.165, 1.54) is 146 Å². The van der Waals surface area contributed by atoms with E-state index in [9.17, 15) is 0 Å². The molecule has 0 saturated heterocycles. The van der Waals surface area contributed by atoms with Crippen LogP contribution in [0.25, 0.3) is 0 Å². The van der Waals surface area contributed by atoms with Crippen molar-refractivity contribution < 1.29 is 43.0 Å². The molecule has 1 fully saturated rings. The van der Waals surface area contributed by atoms with Crippen LogP contribution in [-0.4, -0.2) is 81.2 Å². The molecule has 0 aromatic rings. The van der Waals surface area contributed by atoms with Crippen molar-refractivity contribution in [1.29, 1.82) is 0 Å². The molecule has 1 aliphatic rings. The highest BCUT2D eigenvalue weighted by Gasteiger charge is 2.14. The normalized spacial score (nSPS) is 15.0. The lowest BCUT2D eigenvalue weighted by Gasteiger charge is -2.30. The Morgan fingerprint density at radius 1 is 0.634 bits per heavy atom. The molecule has 0 bridgehead atoms. The average Bonchev–Trinajstić information content (AvgIpc) is 2.78. The van der Waals surface area contributed by atoms with E-state index in [1.807, 2.05) is 0 Å². The summed E-state index contributed by atoms with van der Waals surface area (Å²) in [5.74, 6) is 0. The van der Waals surface area contributed by atoms with Crippen LogP contribution >= 0.6 is 15.6 Å². The predicted octanol–water partition coefficient (Wildman–Crippen LogP) is 6.35. The Balaban J connectivity index is -0.000000568. The van der Waals surface area contributed by atoms with E-state index in [0.29, 0.717) is 0 Å². The van der Waals surface area contributed by atoms with Crippen LogP contribution in [-0.2, 0) is 9.13 Å². The predicted molar refractivity (Wildman–Crippen MR) is 169 cm³/mol. The summed E-state index contributed by atoms with van der Waals surface area (Å²) in [5.41, 5.74) is 0. The molecule has 0 aromatic carbocycles. The molecule has 1 rings (SSSR count). The third kappa shape index (κ3) is 53.2. The van der Waals surface area contributed by atoms with Gasteiger partial charge in [-0.2, -0.15) is 0 Å². The van der Waals surface area contributed by atoms with Crippen molar-refractivity contribution in [3.63, 3.8) is 0 Å². The molecule has 0 heterocycles. The van der Waals surface area contributed by atoms with E-state index in [-0.39, 0.29) is 0 Å². The Bertz CT molecular complexity index is 598. The van der Waals surface area contributed by atoms with Crippen LogP contribution in [0.1, 0.15) is 142 Å². The van der Waals surface area contributed by atoms with E-state index in [1.54, 1.807) is 0 Å². The van der Waals surface area contributed by atoms with Crippen molar-refractivity contribution in [3.8, 4) is 0 Å². The van der Waals surface area contributed by atoms with E-state index in [0.717, 1.165) is 6.04 Å². The molecule has 10 nitrogen and oxygen atoms in total. The molecular weight excluding hydrogens is 566 g/mol. The van der Waals surface area contributed by atoms with Gasteiger partial charge in [0.05, 0.1) is 27.2 Å². The molecule has 5 N–H and O–H groups in total. The van der Waals surface area contributed by atoms with Gasteiger partial charge in [-0.05, 0) is 52.6 Å². The van der Waals surface area contributed by atoms with Crippen molar-refractivity contribution in [1.82, 2.24) is 4.90 Å². The number of phosphoric acid groups is 2. The van der Waals surface area contributed by atoms with Gasteiger partial charge >= 0.3 is 7.82 Å². The molecule has 0 amide bonds. The second-order valence-electron chi connectivity index (χ2n) is 12.2. The number of rotatable bonds is 16. The fourth-order valence-corrected chi connectivity index (χ4v) is 4.88. The number of nitrogens with zero attached hydrogens (tertiary/aromatic N) is 2. The summed E-state index contributed by atoms with van der Waals surface area (Å²) in [6.07, 6.45) is 28.7. The van der Waals surface area contributed by atoms with Crippen molar-refractivity contribution in [2.45, 2.75) is 148 Å². The van der Waals surface area contributed by atoms with Gasteiger partial charge in [-0.25, -0.2) is 4.57 Å². The summed E-state index contributed by atoms with van der Waals surface area (Å²) >= 11 is 0. The van der Waals surface area contributed by atoms with Gasteiger partial charge in [0.15, 0.2) is 0 Å². The summed E-state index contributed by atoms with van der Waals surface area (Å²) in [5, 5.41) is 0. The van der Waals surface area contributed by atoms with Crippen LogP contribution in [0.3, 0.4) is 0 Å². The van der Waals surface area contributed by atoms with Gasteiger partial charge in [-0.3, -0.25) is 4.57 Å². The Labute approximate surface area is 253 Å². The first-order valence-corrected chi connectivity index (χ1v) is 19.1. The van der Waals surface area contributed by atoms with E-state index < -0.39 is 15.6 Å². The molecule has 1 saturated carbocycles. The number of quaternary nitrogens is 1. The summed E-state index contributed by atoms with van der Waals surface area (Å²) in [4.78, 5) is 46.9. The van der Waals surface area contributed by atoms with Crippen LogP contribution in [0, 0.1) is 0 Å². The first kappa shape index (κ1) is 45.6. The highest BCUT2D eigenvalue weighted by atomic mass is 31.2. The molecular formula is C29H68N2O8P2. The fraction of sp³-hybridized carbons (Fsp3) is 1.00. The molecule has 252 valence electrons. The van der Waals surface area contributed by atoms with Crippen LogP contribution in [0.2, 0.25) is 0 Å². The zero-order chi connectivity index (χ0) is 32.2. The standard InChI is InChI=1S/C19H42N.C10H21N.2H3O4P/c1-5-7-9-11-13-15-17-19-20(3,4)18-16-14-12-10-8-6-2;1-11(2)10-8-6-4-3-5-7-9-10;2*1-5(2,3)4/h5-19H2,1-4H3;10H,3-9H2,1-2H3;2*(H3,1,2,3,4)/q+1;;;/p-1. The lowest BCUT2D eigenvalue weighted by atomic mass is 9.96. The van der Waals surface area contributed by atoms with E-state index in [2.05, 4.69) is 46.9 Å². The Morgan fingerprint density at radius 2 is 0.902 bits per heavy atom. The van der Waals surface area contributed by atoms with Gasteiger partial charge in [-0.1, -0.05) is 104 Å². The van der Waals surface area contributed by atoms with E-state index in [4.69, 9.17) is 38.5 Å². The fourth-order valence-electron chi connectivity index (χ4n) is 4.88. The minimum atomic E-state index is -4.89. The van der Waals surface area contributed by atoms with Crippen molar-refractivity contribution in [2.75, 3.05) is 41.3 Å². The average molecular weight is 635 g/mol. The van der Waals surface area contributed by atoms with Crippen molar-refractivity contribution in [2.24, 2.45) is 0 Å². The van der Waals surface area contributed by atoms with Crippen LogP contribution < -0.4 is 4.89 Å². The number of hydrogen-bond donors (Lipinski definition) is 5. The van der Waals surface area contributed by atoms with Crippen LogP contribution in [0.4, 0.5) is 0 Å². The maximum absolute atomic E-state index is 8.88. The largest absolute Gasteiger partial charge is 0.756 e. The maximum atomic E-state index is 8.88. The van der Waals surface area contributed by atoms with Crippen molar-refractivity contribution in [3.05, 3.63) is 0 Å². The molecule has 0 spiro atoms. The second-order valence-corrected chi connectivity index (χ2v) is 14.2. The third-order valence-electron chi connectivity index (χ3n) is 7.29. The third-order valence-corrected chi connectivity index (χ3v) is 7.29. The molecule has 0 aliphatic heterocycles. The van der Waals surface area contributed by atoms with Crippen molar-refractivity contribution >= 4 is 15.6 Å². The summed E-state index contributed by atoms with van der Waals surface area (Å²) in [7, 11) is -0.259. The summed E-state index contributed by atoms with van der Waals surface area (Å²) < 4.78 is 18.9. The van der Waals surface area contributed by atoms with Gasteiger partial charge in [0.2, 0.25) is 0 Å². The Hall–Kier alpha value is 0.140. The molecule has 0 radical (unpaired) electrons. The monoisotopic (exact) mass is 634 g/mol. The molecule has 0 unspecified atom stereocenters. The minimum absolute atomic E-state index is 0.871. The SMILES string of the molecule is CCCCCCCCC[N+](C)(C)CCCCCCCC.CN(C)C1CCCCCCC1.O=P(O)(O)O.O=P([O-])(O)O. The number of hydrogen-bond acceptors (Lipinski definition) is 4. The van der Waals surface area contributed by atoms with Gasteiger partial charge < -0.3 is 38.7 Å². The zero-order valence-corrected chi connectivity index (χ0v) is 29.2. The number of unbranched alkanes of at least 4 members (excludes halogenated alkanes) is 11. The molecule has 0 aromatic heterocycles. The maximum Gasteiger partial charge on any atom is 0.466 e. The zero-order valence-electron chi connectivity index (χ0n) is 27.4. The first-order chi connectivity index (χ1) is 18.9. The van der Waals surface area contributed by atoms with Gasteiger partial charge in [0, 0.05) is 6.04 Å². The highest BCUT2D eigenvalue weighted by Crippen LogP contribution is 2.26. The summed E-state index contributed by atoms with van der Waals surface area (Å²) in [6.45, 7) is 7.34. The van der Waals surface area contributed by atoms with E-state index >= 15 is 0 Å². The molecule has 1 aliphatic carbocycles. The molecule has 41 heavy (non-hydrogen) atoms. The minimum Gasteiger partial charge on any atom is -0.756 e. The topological polar surface area (TPSA) is 162 Å². The van der Waals surface area contributed by atoms with Gasteiger partial charge in [0.25, 0.3) is 7.82 Å². The van der Waals surface area contributed by atoms with Crippen LogP contribution in [0.15, 0.2) is 0 Å². The lowest BCUT2D eigenvalue weighted by Crippen LogP contribution is -2.41. The highest BCUT2D eigenvalue weighted by molar-refractivity contribution is 7.45. The Morgan fingerprint density at radius 3 is 1.20 bits per heavy atom. The smallest absolute Gasteiger partial charge is 0.466 e. The first-order valence-electron chi connectivity index (χ1n) is 16.0. The summed E-state index contributed by atoms with van der Waals surface area (Å²) in [6, 6.07) is 0.871. The second kappa shape index (κ2) is 28.9. The quantitative estimate of drug-likeness (QED) is 0.0740. The van der Waals surface area contributed by atoms with Gasteiger partial charge in [0.1, 0.15) is 0 Å². The molecule has 12 heteroatoms. The lowest BCUT2D eigenvalue weighted by molar-refractivity contribution is -0.890. The Kier molecular flexibility index (Phi) is 32.1.